The van der Waals surface area contributed by atoms with Crippen molar-refractivity contribution >= 4 is 32.3 Å². The van der Waals surface area contributed by atoms with Crippen LogP contribution >= 0.6 is 0 Å². The van der Waals surface area contributed by atoms with Gasteiger partial charge in [-0.3, -0.25) is 0 Å². The van der Waals surface area contributed by atoms with Gasteiger partial charge in [0.25, 0.3) is 0 Å². The molecule has 0 atom stereocenters. The van der Waals surface area contributed by atoms with Gasteiger partial charge in [-0.15, -0.1) is 0 Å². The Hall–Kier alpha value is -8.01. The molecule has 3 nitrogen and oxygen atoms in total. The summed E-state index contributed by atoms with van der Waals surface area (Å²) in [6.07, 6.45) is 0. The van der Waals surface area contributed by atoms with Gasteiger partial charge in [-0.1, -0.05) is 200 Å². The monoisotopic (exact) mass is 761 g/mol. The normalized spacial score (nSPS) is 11.7. The SMILES string of the molecule is c1ccc(-c2nc(-c3ccc(-c4cc5ccccc5cc4-c4ccc(-c5ccc6c7c(cccc57)-c5ccccc5-6)cc4)cc3)nc(-c3cccc4ccccc34)n2)cc1. The third-order valence-corrected chi connectivity index (χ3v) is 12.1. The van der Waals surface area contributed by atoms with Gasteiger partial charge < -0.3 is 0 Å². The molecular formula is C57H35N3. The Morgan fingerprint density at radius 3 is 1.30 bits per heavy atom. The molecule has 12 rings (SSSR count). The van der Waals surface area contributed by atoms with E-state index in [0.29, 0.717) is 17.5 Å². The van der Waals surface area contributed by atoms with Crippen LogP contribution in [0.15, 0.2) is 212 Å². The second-order valence-corrected chi connectivity index (χ2v) is 15.5. The Bertz CT molecular complexity index is 3430. The molecule has 0 saturated carbocycles. The quantitative estimate of drug-likeness (QED) is 0.169. The Labute approximate surface area is 348 Å². The average Bonchev–Trinajstić information content (AvgIpc) is 3.66. The molecule has 0 aliphatic heterocycles. The minimum atomic E-state index is 0.639. The van der Waals surface area contributed by atoms with E-state index in [2.05, 4.69) is 194 Å². The Morgan fingerprint density at radius 2 is 0.633 bits per heavy atom. The summed E-state index contributed by atoms with van der Waals surface area (Å²) >= 11 is 0. The number of hydrogen-bond donors (Lipinski definition) is 0. The standard InChI is InChI=1S/C57H35N3/c1-2-13-40(14-3-1)55-58-56(60-57(59-55)51-23-10-17-36-12-6-7-18-44(36)51)41-30-28-39(29-31-41)53-35-43-16-5-4-15-42(43)34-52(53)38-26-24-37(25-27-38)45-32-33-50-47-20-9-8-19-46(47)49-22-11-21-48(45)54(49)50/h1-35H. The van der Waals surface area contributed by atoms with Crippen LogP contribution in [0, 0.1) is 0 Å². The molecule has 60 heavy (non-hydrogen) atoms. The van der Waals surface area contributed by atoms with Crippen molar-refractivity contribution in [3.8, 4) is 89.8 Å². The van der Waals surface area contributed by atoms with Crippen LogP contribution in [0.2, 0.25) is 0 Å². The molecule has 0 saturated heterocycles. The summed E-state index contributed by atoms with van der Waals surface area (Å²) in [5.41, 5.74) is 15.3. The summed E-state index contributed by atoms with van der Waals surface area (Å²) in [7, 11) is 0. The second kappa shape index (κ2) is 13.8. The maximum absolute atomic E-state index is 5.11. The van der Waals surface area contributed by atoms with E-state index in [4.69, 9.17) is 15.0 Å². The van der Waals surface area contributed by atoms with Gasteiger partial charge in [0.05, 0.1) is 0 Å². The van der Waals surface area contributed by atoms with Gasteiger partial charge in [0.15, 0.2) is 17.5 Å². The summed E-state index contributed by atoms with van der Waals surface area (Å²) < 4.78 is 0. The van der Waals surface area contributed by atoms with Crippen LogP contribution in [0.1, 0.15) is 0 Å². The molecule has 0 radical (unpaired) electrons. The summed E-state index contributed by atoms with van der Waals surface area (Å²) in [5, 5.41) is 7.31. The van der Waals surface area contributed by atoms with Crippen molar-refractivity contribution in [2.24, 2.45) is 0 Å². The minimum absolute atomic E-state index is 0.639. The summed E-state index contributed by atoms with van der Waals surface area (Å²) in [6, 6.07) is 76.0. The minimum Gasteiger partial charge on any atom is -0.208 e. The van der Waals surface area contributed by atoms with Crippen molar-refractivity contribution in [2.45, 2.75) is 0 Å². The van der Waals surface area contributed by atoms with Crippen LogP contribution in [0.25, 0.3) is 122 Å². The number of benzene rings is 10. The van der Waals surface area contributed by atoms with E-state index in [-0.39, 0.29) is 0 Å². The fraction of sp³-hybridized carbons (Fsp3) is 0. The number of fused-ring (bicyclic) bond motifs is 5. The summed E-state index contributed by atoms with van der Waals surface area (Å²) in [6.45, 7) is 0. The van der Waals surface area contributed by atoms with Crippen molar-refractivity contribution in [1.82, 2.24) is 15.0 Å². The van der Waals surface area contributed by atoms with E-state index in [9.17, 15) is 0 Å². The molecule has 1 aromatic heterocycles. The number of rotatable bonds is 6. The molecule has 0 spiro atoms. The second-order valence-electron chi connectivity index (χ2n) is 15.5. The highest BCUT2D eigenvalue weighted by Crippen LogP contribution is 2.49. The molecule has 0 bridgehead atoms. The van der Waals surface area contributed by atoms with Gasteiger partial charge in [0.2, 0.25) is 0 Å². The first-order valence-electron chi connectivity index (χ1n) is 20.4. The number of hydrogen-bond acceptors (Lipinski definition) is 3. The van der Waals surface area contributed by atoms with Crippen molar-refractivity contribution in [3.05, 3.63) is 212 Å². The molecule has 10 aromatic carbocycles. The smallest absolute Gasteiger partial charge is 0.164 e. The fourth-order valence-corrected chi connectivity index (χ4v) is 9.17. The molecule has 1 aliphatic rings. The van der Waals surface area contributed by atoms with Crippen LogP contribution in [-0.2, 0) is 0 Å². The molecule has 3 heteroatoms. The highest BCUT2D eigenvalue weighted by Gasteiger charge is 2.22. The van der Waals surface area contributed by atoms with Crippen LogP contribution in [0.3, 0.4) is 0 Å². The molecule has 0 amide bonds. The number of nitrogens with zero attached hydrogens (tertiary/aromatic N) is 3. The molecule has 0 N–H and O–H groups in total. The van der Waals surface area contributed by atoms with Crippen molar-refractivity contribution in [1.29, 1.82) is 0 Å². The summed E-state index contributed by atoms with van der Waals surface area (Å²) in [4.78, 5) is 15.2. The lowest BCUT2D eigenvalue weighted by atomic mass is 9.89. The zero-order valence-corrected chi connectivity index (χ0v) is 32.5. The Balaban J connectivity index is 0.941. The maximum atomic E-state index is 5.11. The largest absolute Gasteiger partial charge is 0.208 e. The van der Waals surface area contributed by atoms with Crippen LogP contribution < -0.4 is 0 Å². The molecular weight excluding hydrogens is 727 g/mol. The first-order valence-corrected chi connectivity index (χ1v) is 20.4. The Morgan fingerprint density at radius 1 is 0.217 bits per heavy atom. The van der Waals surface area contributed by atoms with Gasteiger partial charge in [-0.25, -0.2) is 15.0 Å². The van der Waals surface area contributed by atoms with Gasteiger partial charge in [0.1, 0.15) is 0 Å². The molecule has 0 unspecified atom stereocenters. The predicted octanol–water partition coefficient (Wildman–Crippen LogP) is 15.0. The van der Waals surface area contributed by atoms with Crippen LogP contribution in [-0.4, -0.2) is 15.0 Å². The maximum Gasteiger partial charge on any atom is 0.164 e. The topological polar surface area (TPSA) is 38.7 Å². The van der Waals surface area contributed by atoms with Crippen molar-refractivity contribution < 1.29 is 0 Å². The first kappa shape index (κ1) is 34.1. The lowest BCUT2D eigenvalue weighted by molar-refractivity contribution is 1.08. The molecule has 278 valence electrons. The zero-order chi connectivity index (χ0) is 39.6. The first-order chi connectivity index (χ1) is 29.7. The summed E-state index contributed by atoms with van der Waals surface area (Å²) in [5.74, 6) is 1.94. The van der Waals surface area contributed by atoms with E-state index in [1.165, 1.54) is 71.6 Å². The predicted molar refractivity (Wildman–Crippen MR) is 249 cm³/mol. The molecule has 1 heterocycles. The van der Waals surface area contributed by atoms with Crippen molar-refractivity contribution in [3.63, 3.8) is 0 Å². The molecule has 1 aliphatic carbocycles. The number of aromatic nitrogens is 3. The fourth-order valence-electron chi connectivity index (χ4n) is 9.17. The lowest BCUT2D eigenvalue weighted by Gasteiger charge is -2.15. The van der Waals surface area contributed by atoms with E-state index < -0.39 is 0 Å². The third-order valence-electron chi connectivity index (χ3n) is 12.1. The van der Waals surface area contributed by atoms with Crippen LogP contribution in [0.5, 0.6) is 0 Å². The highest BCUT2D eigenvalue weighted by atomic mass is 15.0. The van der Waals surface area contributed by atoms with E-state index in [0.717, 1.165) is 33.0 Å². The lowest BCUT2D eigenvalue weighted by Crippen LogP contribution is -2.00. The van der Waals surface area contributed by atoms with Crippen LogP contribution in [0.4, 0.5) is 0 Å². The van der Waals surface area contributed by atoms with Crippen molar-refractivity contribution in [2.75, 3.05) is 0 Å². The van der Waals surface area contributed by atoms with E-state index in [1.54, 1.807) is 0 Å². The zero-order valence-electron chi connectivity index (χ0n) is 32.5. The average molecular weight is 762 g/mol. The molecule has 11 aromatic rings. The van der Waals surface area contributed by atoms with E-state index in [1.807, 2.05) is 18.2 Å². The third kappa shape index (κ3) is 5.63. The van der Waals surface area contributed by atoms with Gasteiger partial charge in [-0.05, 0) is 100 Å². The van der Waals surface area contributed by atoms with E-state index >= 15 is 0 Å². The molecule has 0 fully saturated rings. The van der Waals surface area contributed by atoms with Gasteiger partial charge in [0, 0.05) is 16.7 Å². The van der Waals surface area contributed by atoms with Gasteiger partial charge >= 0.3 is 0 Å². The van der Waals surface area contributed by atoms with Gasteiger partial charge in [-0.2, -0.15) is 0 Å². The Kier molecular flexibility index (Phi) is 7.85. The highest BCUT2D eigenvalue weighted by molar-refractivity contribution is 6.18.